The molecule has 0 fully saturated rings. The number of benzene rings is 1. The predicted octanol–water partition coefficient (Wildman–Crippen LogP) is 1.95. The molecular formula is C18H18BrFN4O5S. The van der Waals surface area contributed by atoms with Crippen molar-refractivity contribution >= 4 is 39.8 Å². The number of halogens is 2. The number of ether oxygens (including phenoxy) is 1. The van der Waals surface area contributed by atoms with Crippen LogP contribution in [-0.2, 0) is 28.5 Å². The van der Waals surface area contributed by atoms with Gasteiger partial charge < -0.3 is 9.57 Å². The smallest absolute Gasteiger partial charge is 0.353 e. The highest BCUT2D eigenvalue weighted by Crippen LogP contribution is 2.32. The van der Waals surface area contributed by atoms with Gasteiger partial charge in [0.05, 0.1) is 18.0 Å². The van der Waals surface area contributed by atoms with Crippen LogP contribution in [0.4, 0.5) is 4.39 Å². The van der Waals surface area contributed by atoms with E-state index in [1.165, 1.54) is 27.1 Å². The van der Waals surface area contributed by atoms with Crippen LogP contribution in [0.15, 0.2) is 31.4 Å². The molecule has 9 nitrogen and oxygen atoms in total. The van der Waals surface area contributed by atoms with Crippen LogP contribution >= 0.6 is 28.1 Å². The molecule has 1 aliphatic heterocycles. The molecule has 0 amide bonds. The van der Waals surface area contributed by atoms with Crippen LogP contribution in [0, 0.1) is 10.6 Å². The molecule has 12 heteroatoms. The van der Waals surface area contributed by atoms with Crippen LogP contribution in [0.5, 0.6) is 0 Å². The molecule has 1 aliphatic rings. The number of nitrogens with zero attached hydrogens (tertiary/aromatic N) is 4. The molecule has 0 radical (unpaired) electrons. The van der Waals surface area contributed by atoms with E-state index in [2.05, 4.69) is 21.1 Å². The third-order valence-corrected chi connectivity index (χ3v) is 5.89. The molecule has 0 N–H and O–H groups in total. The van der Waals surface area contributed by atoms with E-state index < -0.39 is 28.8 Å². The van der Waals surface area contributed by atoms with Gasteiger partial charge in [0, 0.05) is 30.6 Å². The Hall–Kier alpha value is -2.60. The molecule has 0 aliphatic carbocycles. The van der Waals surface area contributed by atoms with Gasteiger partial charge in [0.25, 0.3) is 0 Å². The minimum atomic E-state index is -1.33. The van der Waals surface area contributed by atoms with Gasteiger partial charge >= 0.3 is 17.3 Å². The molecule has 0 bridgehead atoms. The zero-order chi connectivity index (χ0) is 22.4. The molecule has 3 rings (SSSR count). The van der Waals surface area contributed by atoms with Crippen molar-refractivity contribution in [2.75, 3.05) is 6.61 Å². The molecule has 30 heavy (non-hydrogen) atoms. The van der Waals surface area contributed by atoms with E-state index >= 15 is 0 Å². The second kappa shape index (κ2) is 7.91. The lowest BCUT2D eigenvalue weighted by molar-refractivity contribution is -0.166. The highest BCUT2D eigenvalue weighted by Gasteiger charge is 2.44. The molecule has 0 spiro atoms. The quantitative estimate of drug-likeness (QED) is 0.470. The molecule has 160 valence electrons. The maximum Gasteiger partial charge on any atom is 0.353 e. The lowest BCUT2D eigenvalue weighted by Gasteiger charge is -2.18. The van der Waals surface area contributed by atoms with Crippen molar-refractivity contribution < 1.29 is 18.8 Å². The minimum Gasteiger partial charge on any atom is -0.463 e. The van der Waals surface area contributed by atoms with Crippen LogP contribution < -0.4 is 11.4 Å². The molecule has 1 unspecified atom stereocenters. The fourth-order valence-corrected chi connectivity index (χ4v) is 3.68. The maximum absolute atomic E-state index is 14.8. The third-order valence-electron chi connectivity index (χ3n) is 4.69. The van der Waals surface area contributed by atoms with Crippen LogP contribution in [0.1, 0.15) is 25.8 Å². The molecule has 2 aromatic rings. The molecule has 1 aromatic carbocycles. The van der Waals surface area contributed by atoms with Crippen molar-refractivity contribution in [1.82, 2.24) is 13.7 Å². The largest absolute Gasteiger partial charge is 0.463 e. The first kappa shape index (κ1) is 22.1. The van der Waals surface area contributed by atoms with E-state index in [1.54, 1.807) is 6.92 Å². The molecule has 1 atom stereocenters. The molecule has 2 heterocycles. The number of carbonyl (C=O) groups is 1. The Balaban J connectivity index is 2.15. The Labute approximate surface area is 183 Å². The van der Waals surface area contributed by atoms with Crippen molar-refractivity contribution in [2.45, 2.75) is 25.9 Å². The fraction of sp³-hybridized carbons (Fsp3) is 0.389. The number of hydrogen-bond acceptors (Lipinski definition) is 7. The van der Waals surface area contributed by atoms with Gasteiger partial charge in [-0.05, 0) is 54.1 Å². The summed E-state index contributed by atoms with van der Waals surface area (Å²) in [5.74, 6) is -1.39. The van der Waals surface area contributed by atoms with Gasteiger partial charge in [-0.3, -0.25) is 9.13 Å². The summed E-state index contributed by atoms with van der Waals surface area (Å²) in [5, 5.41) is 3.95. The maximum atomic E-state index is 14.8. The summed E-state index contributed by atoms with van der Waals surface area (Å²) in [6.45, 7) is 3.38. The third kappa shape index (κ3) is 3.54. The average Bonchev–Trinajstić information content (AvgIpc) is 3.10. The van der Waals surface area contributed by atoms with Gasteiger partial charge in [-0.15, -0.1) is 0 Å². The highest BCUT2D eigenvalue weighted by molar-refractivity contribution is 9.10. The van der Waals surface area contributed by atoms with Crippen LogP contribution in [0.25, 0.3) is 5.69 Å². The number of esters is 1. The second-order valence-electron chi connectivity index (χ2n) is 6.84. The molecule has 0 saturated heterocycles. The first-order valence-corrected chi connectivity index (χ1v) is 10.0. The van der Waals surface area contributed by atoms with E-state index in [-0.39, 0.29) is 23.5 Å². The van der Waals surface area contributed by atoms with Gasteiger partial charge in [-0.1, -0.05) is 5.16 Å². The minimum absolute atomic E-state index is 0.00207. The van der Waals surface area contributed by atoms with Crippen molar-refractivity contribution in [1.29, 1.82) is 0 Å². The van der Waals surface area contributed by atoms with E-state index in [9.17, 15) is 18.8 Å². The summed E-state index contributed by atoms with van der Waals surface area (Å²) in [6.07, 6.45) is 0.0568. The van der Waals surface area contributed by atoms with Crippen molar-refractivity contribution in [3.05, 3.63) is 53.7 Å². The van der Waals surface area contributed by atoms with E-state index in [0.717, 1.165) is 15.2 Å². The van der Waals surface area contributed by atoms with Crippen LogP contribution in [0.3, 0.4) is 0 Å². The Morgan fingerprint density at radius 2 is 1.93 bits per heavy atom. The number of aromatic nitrogens is 3. The van der Waals surface area contributed by atoms with Crippen molar-refractivity contribution in [3.63, 3.8) is 0 Å². The van der Waals surface area contributed by atoms with Gasteiger partial charge in [0.1, 0.15) is 5.82 Å². The van der Waals surface area contributed by atoms with Gasteiger partial charge in [0.2, 0.25) is 5.60 Å². The SMILES string of the molecule is CCOC(=O)C1(C)CC(c2cc(-n3c(=O)n(C)c(=S)n(C)c3=O)c(F)cc2Br)=NO1. The number of hydrogen-bond donors (Lipinski definition) is 0. The summed E-state index contributed by atoms with van der Waals surface area (Å²) in [6, 6.07) is 2.41. The van der Waals surface area contributed by atoms with Crippen LogP contribution in [0.2, 0.25) is 0 Å². The van der Waals surface area contributed by atoms with E-state index in [1.807, 2.05) is 0 Å². The molecule has 0 saturated carbocycles. The predicted molar refractivity (Wildman–Crippen MR) is 112 cm³/mol. The normalized spacial score (nSPS) is 18.1. The van der Waals surface area contributed by atoms with E-state index in [0.29, 0.717) is 20.3 Å². The Kier molecular flexibility index (Phi) is 5.83. The number of carbonyl (C=O) groups excluding carboxylic acids is 1. The first-order valence-electron chi connectivity index (χ1n) is 8.83. The van der Waals surface area contributed by atoms with Gasteiger partial charge in [0.15, 0.2) is 4.77 Å². The second-order valence-corrected chi connectivity index (χ2v) is 8.06. The first-order chi connectivity index (χ1) is 14.0. The monoisotopic (exact) mass is 500 g/mol. The topological polar surface area (TPSA) is 96.8 Å². The van der Waals surface area contributed by atoms with E-state index in [4.69, 9.17) is 21.8 Å². The standard InChI is InChI=1S/C18H18BrFN4O5S/c1-5-28-14(25)18(2)8-12(21-29-18)9-6-13(11(20)7-10(9)19)24-15(26)22(3)17(30)23(4)16(24)27/h6-7H,5,8H2,1-4H3. The van der Waals surface area contributed by atoms with Crippen molar-refractivity contribution in [2.24, 2.45) is 19.3 Å². The lowest BCUT2D eigenvalue weighted by atomic mass is 9.95. The summed E-state index contributed by atoms with van der Waals surface area (Å²) < 4.78 is 22.9. The highest BCUT2D eigenvalue weighted by atomic mass is 79.9. The summed E-state index contributed by atoms with van der Waals surface area (Å²) in [4.78, 5) is 42.8. The molecular weight excluding hydrogens is 483 g/mol. The van der Waals surface area contributed by atoms with Crippen molar-refractivity contribution in [3.8, 4) is 5.69 Å². The average molecular weight is 501 g/mol. The van der Waals surface area contributed by atoms with Crippen LogP contribution in [-0.4, -0.2) is 37.6 Å². The Morgan fingerprint density at radius 1 is 1.33 bits per heavy atom. The van der Waals surface area contributed by atoms with Gasteiger partial charge in [-0.2, -0.15) is 0 Å². The lowest BCUT2D eigenvalue weighted by Crippen LogP contribution is -2.44. The Bertz CT molecular complexity index is 1220. The Morgan fingerprint density at radius 3 is 2.50 bits per heavy atom. The summed E-state index contributed by atoms with van der Waals surface area (Å²) in [5.41, 5.74) is -2.52. The zero-order valence-corrected chi connectivity index (χ0v) is 19.0. The molecule has 1 aromatic heterocycles. The van der Waals surface area contributed by atoms with Gasteiger partial charge in [-0.25, -0.2) is 23.3 Å². The summed E-state index contributed by atoms with van der Waals surface area (Å²) >= 11 is 8.31. The number of rotatable bonds is 4. The number of oxime groups is 1. The fourth-order valence-electron chi connectivity index (χ4n) is 2.98. The summed E-state index contributed by atoms with van der Waals surface area (Å²) in [7, 11) is 2.77. The zero-order valence-electron chi connectivity index (χ0n) is 16.6.